The van der Waals surface area contributed by atoms with Crippen LogP contribution < -0.4 is 5.84 Å². The van der Waals surface area contributed by atoms with E-state index in [-0.39, 0.29) is 11.9 Å². The van der Waals surface area contributed by atoms with Crippen molar-refractivity contribution in [3.8, 4) is 0 Å². The number of ether oxygens (including phenoxy) is 1. The Labute approximate surface area is 91.7 Å². The third kappa shape index (κ3) is 3.47. The zero-order valence-electron chi connectivity index (χ0n) is 10.1. The molecule has 4 heteroatoms. The van der Waals surface area contributed by atoms with Gasteiger partial charge in [-0.25, -0.2) is 5.01 Å². The molecule has 1 saturated heterocycles. The van der Waals surface area contributed by atoms with Crippen LogP contribution in [0.5, 0.6) is 0 Å². The van der Waals surface area contributed by atoms with Crippen molar-refractivity contribution in [2.75, 3.05) is 13.1 Å². The first-order valence-corrected chi connectivity index (χ1v) is 5.56. The number of carbonyl (C=O) groups is 1. The van der Waals surface area contributed by atoms with Crippen LogP contribution in [0.25, 0.3) is 0 Å². The van der Waals surface area contributed by atoms with Gasteiger partial charge in [0.1, 0.15) is 5.60 Å². The summed E-state index contributed by atoms with van der Waals surface area (Å²) in [5, 5.41) is 1.71. The Hall–Kier alpha value is -0.610. The van der Waals surface area contributed by atoms with Crippen LogP contribution in [0, 0.1) is 11.8 Å². The first kappa shape index (κ1) is 12.5. The van der Waals surface area contributed by atoms with Gasteiger partial charge in [-0.3, -0.25) is 10.6 Å². The number of hydrogen-bond donors (Lipinski definition) is 1. The first-order valence-electron chi connectivity index (χ1n) is 5.56. The second kappa shape index (κ2) is 4.49. The summed E-state index contributed by atoms with van der Waals surface area (Å²) in [5.74, 6) is 5.89. The summed E-state index contributed by atoms with van der Waals surface area (Å²) < 4.78 is 5.38. The summed E-state index contributed by atoms with van der Waals surface area (Å²) in [5.41, 5.74) is -0.405. The number of nitrogens with zero attached hydrogens (tertiary/aromatic N) is 1. The largest absolute Gasteiger partial charge is 0.460 e. The van der Waals surface area contributed by atoms with Crippen molar-refractivity contribution in [2.45, 2.75) is 39.7 Å². The fourth-order valence-electron chi connectivity index (χ4n) is 1.96. The molecule has 2 atom stereocenters. The molecule has 0 saturated carbocycles. The molecule has 1 aliphatic rings. The molecule has 1 heterocycles. The van der Waals surface area contributed by atoms with Crippen LogP contribution in [0.2, 0.25) is 0 Å². The Kier molecular flexibility index (Phi) is 3.73. The van der Waals surface area contributed by atoms with Crippen LogP contribution in [0.4, 0.5) is 0 Å². The molecule has 0 bridgehead atoms. The fraction of sp³-hybridized carbons (Fsp3) is 0.909. The number of esters is 1. The van der Waals surface area contributed by atoms with Crippen molar-refractivity contribution >= 4 is 5.97 Å². The molecular weight excluding hydrogens is 192 g/mol. The van der Waals surface area contributed by atoms with Crippen molar-refractivity contribution < 1.29 is 9.53 Å². The maximum absolute atomic E-state index is 11.9. The molecule has 0 spiro atoms. The van der Waals surface area contributed by atoms with Gasteiger partial charge in [0.15, 0.2) is 0 Å². The Bertz CT molecular complexity index is 235. The second-order valence-corrected chi connectivity index (χ2v) is 5.26. The lowest BCUT2D eigenvalue weighted by molar-refractivity contribution is -0.160. The number of rotatable bonds is 2. The van der Waals surface area contributed by atoms with Gasteiger partial charge in [0.05, 0.1) is 5.92 Å². The lowest BCUT2D eigenvalue weighted by atomic mass is 9.93. The molecule has 0 aromatic rings. The van der Waals surface area contributed by atoms with Crippen molar-refractivity contribution in [3.05, 3.63) is 0 Å². The van der Waals surface area contributed by atoms with Gasteiger partial charge in [-0.1, -0.05) is 13.3 Å². The molecule has 0 amide bonds. The molecule has 1 fully saturated rings. The average Bonchev–Trinajstić information content (AvgIpc) is 2.43. The van der Waals surface area contributed by atoms with E-state index in [4.69, 9.17) is 10.6 Å². The third-order valence-corrected chi connectivity index (χ3v) is 2.70. The van der Waals surface area contributed by atoms with E-state index in [1.165, 1.54) is 0 Å². The van der Waals surface area contributed by atoms with E-state index in [1.807, 2.05) is 20.8 Å². The highest BCUT2D eigenvalue weighted by molar-refractivity contribution is 5.74. The third-order valence-electron chi connectivity index (χ3n) is 2.70. The number of hydrogen-bond acceptors (Lipinski definition) is 4. The highest BCUT2D eigenvalue weighted by Gasteiger charge is 2.37. The first-order chi connectivity index (χ1) is 6.83. The summed E-state index contributed by atoms with van der Waals surface area (Å²) in [7, 11) is 0. The lowest BCUT2D eigenvalue weighted by Crippen LogP contribution is -2.33. The predicted octanol–water partition coefficient (Wildman–Crippen LogP) is 1.16. The summed E-state index contributed by atoms with van der Waals surface area (Å²) in [6.07, 6.45) is 0.970. The summed E-state index contributed by atoms with van der Waals surface area (Å²) in [4.78, 5) is 11.9. The molecule has 1 rings (SSSR count). The molecule has 0 aliphatic carbocycles. The van der Waals surface area contributed by atoms with Crippen molar-refractivity contribution in [3.63, 3.8) is 0 Å². The van der Waals surface area contributed by atoms with E-state index in [9.17, 15) is 4.79 Å². The van der Waals surface area contributed by atoms with E-state index < -0.39 is 5.60 Å². The summed E-state index contributed by atoms with van der Waals surface area (Å²) >= 11 is 0. The second-order valence-electron chi connectivity index (χ2n) is 5.26. The molecule has 15 heavy (non-hydrogen) atoms. The molecule has 0 aromatic carbocycles. The van der Waals surface area contributed by atoms with Gasteiger partial charge in [0.2, 0.25) is 0 Å². The maximum Gasteiger partial charge on any atom is 0.311 e. The van der Waals surface area contributed by atoms with Gasteiger partial charge in [-0.2, -0.15) is 0 Å². The van der Waals surface area contributed by atoms with Gasteiger partial charge in [-0.05, 0) is 26.7 Å². The van der Waals surface area contributed by atoms with Crippen LogP contribution in [-0.4, -0.2) is 29.7 Å². The van der Waals surface area contributed by atoms with E-state index in [2.05, 4.69) is 6.92 Å². The normalized spacial score (nSPS) is 28.1. The van der Waals surface area contributed by atoms with Crippen LogP contribution in [0.15, 0.2) is 0 Å². The number of nitrogens with two attached hydrogens (primary N) is 1. The molecule has 0 radical (unpaired) electrons. The van der Waals surface area contributed by atoms with Crippen LogP contribution in [0.3, 0.4) is 0 Å². The minimum atomic E-state index is -0.405. The van der Waals surface area contributed by atoms with E-state index in [0.717, 1.165) is 13.0 Å². The molecule has 2 N–H and O–H groups in total. The minimum Gasteiger partial charge on any atom is -0.460 e. The van der Waals surface area contributed by atoms with E-state index >= 15 is 0 Å². The van der Waals surface area contributed by atoms with Gasteiger partial charge in [-0.15, -0.1) is 0 Å². The highest BCUT2D eigenvalue weighted by atomic mass is 16.6. The molecule has 4 nitrogen and oxygen atoms in total. The molecule has 88 valence electrons. The maximum atomic E-state index is 11.9. The molecular formula is C11H22N2O2. The SMILES string of the molecule is CC[C@H]1CN(N)C[C@H]1C(=O)OC(C)(C)C. The van der Waals surface area contributed by atoms with Gasteiger partial charge in [0.25, 0.3) is 0 Å². The van der Waals surface area contributed by atoms with Gasteiger partial charge < -0.3 is 4.74 Å². The number of carbonyl (C=O) groups excluding carboxylic acids is 1. The van der Waals surface area contributed by atoms with Crippen molar-refractivity contribution in [2.24, 2.45) is 17.7 Å². The zero-order valence-corrected chi connectivity index (χ0v) is 10.1. The quantitative estimate of drug-likeness (QED) is 0.553. The van der Waals surface area contributed by atoms with Crippen molar-refractivity contribution in [1.82, 2.24) is 5.01 Å². The topological polar surface area (TPSA) is 55.6 Å². The fourth-order valence-corrected chi connectivity index (χ4v) is 1.96. The monoisotopic (exact) mass is 214 g/mol. The minimum absolute atomic E-state index is 0.0563. The molecule has 1 aliphatic heterocycles. The van der Waals surface area contributed by atoms with Crippen LogP contribution in [0.1, 0.15) is 34.1 Å². The Morgan fingerprint density at radius 2 is 2.07 bits per heavy atom. The Morgan fingerprint density at radius 3 is 2.53 bits per heavy atom. The van der Waals surface area contributed by atoms with Gasteiger partial charge >= 0.3 is 5.97 Å². The average molecular weight is 214 g/mol. The summed E-state index contributed by atoms with van der Waals surface area (Å²) in [6, 6.07) is 0. The van der Waals surface area contributed by atoms with Crippen LogP contribution in [-0.2, 0) is 9.53 Å². The molecule has 0 aromatic heterocycles. The van der Waals surface area contributed by atoms with Crippen LogP contribution >= 0.6 is 0 Å². The number of hydrazine groups is 1. The molecule has 0 unspecified atom stereocenters. The predicted molar refractivity (Wildman–Crippen MR) is 58.9 cm³/mol. The Balaban J connectivity index is 2.59. The standard InChI is InChI=1S/C11H22N2O2/c1-5-8-6-13(12)7-9(8)10(14)15-11(2,3)4/h8-9H,5-7,12H2,1-4H3/t8-,9+/m0/s1. The highest BCUT2D eigenvalue weighted by Crippen LogP contribution is 2.26. The smallest absolute Gasteiger partial charge is 0.311 e. The summed E-state index contributed by atoms with van der Waals surface area (Å²) in [6.45, 7) is 9.16. The zero-order chi connectivity index (χ0) is 11.6. The van der Waals surface area contributed by atoms with E-state index in [1.54, 1.807) is 5.01 Å². The van der Waals surface area contributed by atoms with Gasteiger partial charge in [0, 0.05) is 13.1 Å². The van der Waals surface area contributed by atoms with Crippen molar-refractivity contribution in [1.29, 1.82) is 0 Å². The Morgan fingerprint density at radius 1 is 1.47 bits per heavy atom. The lowest BCUT2D eigenvalue weighted by Gasteiger charge is -2.23. The van der Waals surface area contributed by atoms with E-state index in [0.29, 0.717) is 12.5 Å².